The number of nitrogen functional groups attached to an aromatic ring is 1. The molecule has 1 heterocycles. The Balaban J connectivity index is 2.24. The van der Waals surface area contributed by atoms with Crippen molar-refractivity contribution in [2.75, 3.05) is 5.73 Å². The first-order valence-electron chi connectivity index (χ1n) is 4.09. The molecule has 0 aliphatic rings. The second-order valence-electron chi connectivity index (χ2n) is 2.85. The number of anilines is 1. The zero-order valence-electron chi connectivity index (χ0n) is 7.10. The maximum atomic E-state index is 5.78. The van der Waals surface area contributed by atoms with Gasteiger partial charge in [0.25, 0.3) is 0 Å². The van der Waals surface area contributed by atoms with Crippen molar-refractivity contribution in [1.29, 1.82) is 0 Å². The summed E-state index contributed by atoms with van der Waals surface area (Å²) in [5.74, 6) is 0.831. The fourth-order valence-corrected chi connectivity index (χ4v) is 1.22. The summed E-state index contributed by atoms with van der Waals surface area (Å²) < 4.78 is 4.99. The van der Waals surface area contributed by atoms with Crippen LogP contribution in [0.4, 0.5) is 5.69 Å². The molecule has 0 aliphatic heterocycles. The number of hydrogen-bond acceptors (Lipinski definition) is 3. The number of nitrogens with zero attached hydrogens (tertiary/aromatic N) is 1. The molecule has 0 atom stereocenters. The van der Waals surface area contributed by atoms with E-state index in [4.69, 9.17) is 10.3 Å². The lowest BCUT2D eigenvalue weighted by Gasteiger charge is -2.01. The SMILES string of the molecule is Nc1ccccc1Cc1ccno1. The highest BCUT2D eigenvalue weighted by Gasteiger charge is 2.01. The summed E-state index contributed by atoms with van der Waals surface area (Å²) in [7, 11) is 0. The van der Waals surface area contributed by atoms with Gasteiger partial charge in [-0.25, -0.2) is 0 Å². The molecular weight excluding hydrogens is 164 g/mol. The Labute approximate surface area is 76.2 Å². The Morgan fingerprint density at radius 2 is 2.08 bits per heavy atom. The molecule has 1 aromatic carbocycles. The molecule has 66 valence electrons. The Bertz CT molecular complexity index is 382. The first-order valence-corrected chi connectivity index (χ1v) is 4.09. The highest BCUT2D eigenvalue weighted by Crippen LogP contribution is 2.15. The Morgan fingerprint density at radius 1 is 1.23 bits per heavy atom. The molecule has 2 aromatic rings. The van der Waals surface area contributed by atoms with E-state index in [0.717, 1.165) is 17.0 Å². The molecule has 0 unspecified atom stereocenters. The molecule has 0 bridgehead atoms. The Kier molecular flexibility index (Phi) is 2.00. The molecule has 1 aromatic heterocycles. The van der Waals surface area contributed by atoms with Crippen LogP contribution in [0.15, 0.2) is 41.1 Å². The van der Waals surface area contributed by atoms with E-state index in [1.54, 1.807) is 6.20 Å². The normalized spacial score (nSPS) is 10.2. The van der Waals surface area contributed by atoms with E-state index in [2.05, 4.69) is 5.16 Å². The number of benzene rings is 1. The first-order chi connectivity index (χ1) is 6.36. The third-order valence-electron chi connectivity index (χ3n) is 1.91. The van der Waals surface area contributed by atoms with Crippen LogP contribution in [0.2, 0.25) is 0 Å². The zero-order chi connectivity index (χ0) is 9.10. The van der Waals surface area contributed by atoms with Crippen LogP contribution in [0.1, 0.15) is 11.3 Å². The van der Waals surface area contributed by atoms with Crippen molar-refractivity contribution in [1.82, 2.24) is 5.16 Å². The summed E-state index contributed by atoms with van der Waals surface area (Å²) >= 11 is 0. The van der Waals surface area contributed by atoms with E-state index in [1.165, 1.54) is 0 Å². The molecule has 0 saturated heterocycles. The maximum Gasteiger partial charge on any atom is 0.141 e. The zero-order valence-corrected chi connectivity index (χ0v) is 7.10. The van der Waals surface area contributed by atoms with Gasteiger partial charge in [-0.05, 0) is 11.6 Å². The quantitative estimate of drug-likeness (QED) is 0.707. The Hall–Kier alpha value is -1.77. The number of nitrogens with two attached hydrogens (primary N) is 1. The van der Waals surface area contributed by atoms with Crippen molar-refractivity contribution in [3.05, 3.63) is 47.9 Å². The van der Waals surface area contributed by atoms with Crippen LogP contribution in [0.25, 0.3) is 0 Å². The van der Waals surface area contributed by atoms with E-state index < -0.39 is 0 Å². The summed E-state index contributed by atoms with van der Waals surface area (Å²) in [5, 5.41) is 3.63. The van der Waals surface area contributed by atoms with Crippen molar-refractivity contribution in [2.24, 2.45) is 0 Å². The molecule has 3 nitrogen and oxygen atoms in total. The highest BCUT2D eigenvalue weighted by atomic mass is 16.5. The average molecular weight is 174 g/mol. The van der Waals surface area contributed by atoms with Gasteiger partial charge in [0.15, 0.2) is 0 Å². The third kappa shape index (κ3) is 1.69. The lowest BCUT2D eigenvalue weighted by atomic mass is 10.1. The van der Waals surface area contributed by atoms with Crippen LogP contribution in [0.3, 0.4) is 0 Å². The monoisotopic (exact) mass is 174 g/mol. The molecule has 0 saturated carbocycles. The predicted octanol–water partition coefficient (Wildman–Crippen LogP) is 1.85. The van der Waals surface area contributed by atoms with Crippen LogP contribution < -0.4 is 5.73 Å². The lowest BCUT2D eigenvalue weighted by Crippen LogP contribution is -1.93. The summed E-state index contributed by atoms with van der Waals surface area (Å²) in [6.07, 6.45) is 2.33. The van der Waals surface area contributed by atoms with Gasteiger partial charge in [-0.2, -0.15) is 0 Å². The van der Waals surface area contributed by atoms with Gasteiger partial charge in [-0.15, -0.1) is 0 Å². The van der Waals surface area contributed by atoms with Crippen molar-refractivity contribution in [2.45, 2.75) is 6.42 Å². The molecular formula is C10H10N2O. The van der Waals surface area contributed by atoms with Crippen LogP contribution >= 0.6 is 0 Å². The van der Waals surface area contributed by atoms with Gasteiger partial charge in [0.05, 0.1) is 6.20 Å². The highest BCUT2D eigenvalue weighted by molar-refractivity contribution is 5.47. The molecule has 13 heavy (non-hydrogen) atoms. The van der Waals surface area contributed by atoms with Gasteiger partial charge in [0.1, 0.15) is 5.76 Å². The van der Waals surface area contributed by atoms with E-state index >= 15 is 0 Å². The molecule has 0 amide bonds. The van der Waals surface area contributed by atoms with Gasteiger partial charge in [0, 0.05) is 18.2 Å². The number of hydrogen-bond donors (Lipinski definition) is 1. The van der Waals surface area contributed by atoms with E-state index in [0.29, 0.717) is 6.42 Å². The van der Waals surface area contributed by atoms with Gasteiger partial charge in [-0.3, -0.25) is 0 Å². The van der Waals surface area contributed by atoms with Crippen molar-refractivity contribution < 1.29 is 4.52 Å². The minimum absolute atomic E-state index is 0.701. The first kappa shape index (κ1) is 7.86. The van der Waals surface area contributed by atoms with Gasteiger partial charge in [0.2, 0.25) is 0 Å². The van der Waals surface area contributed by atoms with Gasteiger partial charge in [-0.1, -0.05) is 23.4 Å². The van der Waals surface area contributed by atoms with Crippen LogP contribution in [0.5, 0.6) is 0 Å². The fraction of sp³-hybridized carbons (Fsp3) is 0.100. The minimum Gasteiger partial charge on any atom is -0.398 e. The average Bonchev–Trinajstić information content (AvgIpc) is 2.61. The van der Waals surface area contributed by atoms with Crippen molar-refractivity contribution in [3.63, 3.8) is 0 Å². The summed E-state index contributed by atoms with van der Waals surface area (Å²) in [6, 6.07) is 9.58. The summed E-state index contributed by atoms with van der Waals surface area (Å²) in [6.45, 7) is 0. The smallest absolute Gasteiger partial charge is 0.141 e. The van der Waals surface area contributed by atoms with E-state index in [-0.39, 0.29) is 0 Å². The standard InChI is InChI=1S/C10H10N2O/c11-10-4-2-1-3-8(10)7-9-5-6-12-13-9/h1-6H,7,11H2. The maximum absolute atomic E-state index is 5.78. The van der Waals surface area contributed by atoms with Crippen molar-refractivity contribution in [3.8, 4) is 0 Å². The van der Waals surface area contributed by atoms with Crippen LogP contribution in [-0.4, -0.2) is 5.16 Å². The second kappa shape index (κ2) is 3.31. The molecule has 0 aliphatic carbocycles. The Morgan fingerprint density at radius 3 is 2.77 bits per heavy atom. The van der Waals surface area contributed by atoms with Crippen molar-refractivity contribution >= 4 is 5.69 Å². The number of aromatic nitrogens is 1. The lowest BCUT2D eigenvalue weighted by molar-refractivity contribution is 0.389. The molecule has 2 rings (SSSR count). The molecule has 0 fully saturated rings. The van der Waals surface area contributed by atoms with E-state index in [1.807, 2.05) is 30.3 Å². The molecule has 0 spiro atoms. The van der Waals surface area contributed by atoms with E-state index in [9.17, 15) is 0 Å². The number of para-hydroxylation sites is 1. The molecule has 3 heteroatoms. The molecule has 0 radical (unpaired) electrons. The minimum atomic E-state index is 0.701. The summed E-state index contributed by atoms with van der Waals surface area (Å²) in [5.41, 5.74) is 7.63. The number of rotatable bonds is 2. The molecule has 2 N–H and O–H groups in total. The largest absolute Gasteiger partial charge is 0.398 e. The van der Waals surface area contributed by atoms with Gasteiger partial charge < -0.3 is 10.3 Å². The van der Waals surface area contributed by atoms with Gasteiger partial charge >= 0.3 is 0 Å². The fourth-order valence-electron chi connectivity index (χ4n) is 1.22. The van der Waals surface area contributed by atoms with Crippen LogP contribution in [0, 0.1) is 0 Å². The third-order valence-corrected chi connectivity index (χ3v) is 1.91. The topological polar surface area (TPSA) is 52.0 Å². The van der Waals surface area contributed by atoms with Crippen LogP contribution in [-0.2, 0) is 6.42 Å². The second-order valence-corrected chi connectivity index (χ2v) is 2.85. The predicted molar refractivity (Wildman–Crippen MR) is 50.2 cm³/mol. The summed E-state index contributed by atoms with van der Waals surface area (Å²) in [4.78, 5) is 0.